The molecule has 2 saturated heterocycles. The maximum Gasteiger partial charge on any atom is 0.259 e. The number of hydrogen-bond acceptors (Lipinski definition) is 8. The summed E-state index contributed by atoms with van der Waals surface area (Å²) in [5, 5.41) is 13.8. The zero-order valence-corrected chi connectivity index (χ0v) is 21.4. The largest absolute Gasteiger partial charge is 0.507 e. The molecule has 1 aromatic heterocycles. The summed E-state index contributed by atoms with van der Waals surface area (Å²) in [4.78, 5) is 24.8. The molecule has 1 amide bonds. The Bertz CT molecular complexity index is 1250. The van der Waals surface area contributed by atoms with Crippen LogP contribution in [-0.4, -0.2) is 52.8 Å². The molecule has 8 nitrogen and oxygen atoms in total. The third-order valence-electron chi connectivity index (χ3n) is 7.12. The lowest BCUT2D eigenvalue weighted by atomic mass is 9.73. The zero-order chi connectivity index (χ0) is 25.3. The number of hydrogen-bond donors (Lipinski definition) is 3. The van der Waals surface area contributed by atoms with Crippen LogP contribution in [0.1, 0.15) is 30.1 Å². The summed E-state index contributed by atoms with van der Waals surface area (Å²) < 4.78 is 5.82. The number of carbonyl (C=O) groups excluding carboxylic acids is 1. The van der Waals surface area contributed by atoms with Crippen LogP contribution >= 0.6 is 23.4 Å². The van der Waals surface area contributed by atoms with E-state index in [4.69, 9.17) is 22.1 Å². The monoisotopic (exact) mass is 525 g/mol. The Morgan fingerprint density at radius 2 is 1.97 bits per heavy atom. The maximum atomic E-state index is 12.6. The third-order valence-corrected chi connectivity index (χ3v) is 8.62. The Morgan fingerprint density at radius 3 is 2.64 bits per heavy atom. The van der Waals surface area contributed by atoms with E-state index in [0.29, 0.717) is 15.7 Å². The van der Waals surface area contributed by atoms with E-state index in [0.717, 1.165) is 43.3 Å². The van der Waals surface area contributed by atoms with Crippen molar-refractivity contribution in [3.05, 3.63) is 65.4 Å². The second-order valence-electron chi connectivity index (χ2n) is 9.30. The fourth-order valence-corrected chi connectivity index (χ4v) is 5.90. The summed E-state index contributed by atoms with van der Waals surface area (Å²) >= 11 is 7.96. The maximum absolute atomic E-state index is 12.6. The number of amides is 1. The molecule has 0 radical (unpaired) electrons. The van der Waals surface area contributed by atoms with Crippen LogP contribution in [0.4, 0.5) is 11.5 Å². The van der Waals surface area contributed by atoms with Crippen molar-refractivity contribution >= 4 is 40.8 Å². The summed E-state index contributed by atoms with van der Waals surface area (Å²) in [6, 6.07) is 11.8. The number of halogens is 1. The highest BCUT2D eigenvalue weighted by molar-refractivity contribution is 7.99. The number of benzene rings is 2. The van der Waals surface area contributed by atoms with Gasteiger partial charge in [0.15, 0.2) is 0 Å². The number of nitrogens with one attached hydrogen (secondary N) is 1. The van der Waals surface area contributed by atoms with Gasteiger partial charge in [-0.1, -0.05) is 41.6 Å². The number of anilines is 2. The van der Waals surface area contributed by atoms with Gasteiger partial charge in [0.25, 0.3) is 5.91 Å². The summed E-state index contributed by atoms with van der Waals surface area (Å²) in [6.45, 7) is 4.53. The number of piperidine rings is 1. The minimum atomic E-state index is -0.441. The Hall–Kier alpha value is -2.85. The number of phenols is 1. The van der Waals surface area contributed by atoms with Crippen LogP contribution < -0.4 is 16.0 Å². The van der Waals surface area contributed by atoms with Gasteiger partial charge in [0, 0.05) is 29.4 Å². The SMILES string of the molecule is C[C@@H]1OCC2(CCN(c3cnc(Sc4cccc(NC(=O)c5ccccc5O)c4Cl)cn3)CC2)[C@@H]1N. The summed E-state index contributed by atoms with van der Waals surface area (Å²) in [6.07, 6.45) is 5.58. The first-order valence-corrected chi connectivity index (χ1v) is 13.1. The molecular formula is C26H28ClN5O3S. The molecule has 188 valence electrons. The Labute approximate surface area is 219 Å². The second kappa shape index (κ2) is 10.3. The average molecular weight is 526 g/mol. The molecule has 2 atom stereocenters. The number of aromatic hydroxyl groups is 1. The number of carbonyl (C=O) groups is 1. The molecule has 0 unspecified atom stereocenters. The van der Waals surface area contributed by atoms with Crippen LogP contribution in [0.25, 0.3) is 0 Å². The standard InChI is InChI=1S/C26H28ClN5O3S/c1-16-24(28)26(15-35-16)9-11-32(12-10-26)21-13-30-22(14-29-21)36-20-8-4-6-18(23(20)27)31-25(34)17-5-2-3-7-19(17)33/h2-8,13-14,16,24,33H,9-12,15,28H2,1H3,(H,31,34)/t16-,24+/m0/s1. The fourth-order valence-electron chi connectivity index (χ4n) is 4.83. The van der Waals surface area contributed by atoms with Crippen molar-refractivity contribution in [2.45, 2.75) is 41.8 Å². The Kier molecular flexibility index (Phi) is 7.07. The van der Waals surface area contributed by atoms with Crippen LogP contribution in [-0.2, 0) is 4.74 Å². The van der Waals surface area contributed by atoms with Crippen LogP contribution in [0.15, 0.2) is 64.8 Å². The first-order valence-electron chi connectivity index (χ1n) is 11.9. The van der Waals surface area contributed by atoms with E-state index in [1.54, 1.807) is 42.7 Å². The number of rotatable bonds is 5. The van der Waals surface area contributed by atoms with Gasteiger partial charge in [0.1, 0.15) is 16.6 Å². The smallest absolute Gasteiger partial charge is 0.259 e. The number of para-hydroxylation sites is 1. The van der Waals surface area contributed by atoms with E-state index < -0.39 is 5.91 Å². The predicted molar refractivity (Wildman–Crippen MR) is 141 cm³/mol. The number of aromatic nitrogens is 2. The van der Waals surface area contributed by atoms with Crippen molar-refractivity contribution in [3.8, 4) is 5.75 Å². The molecular weight excluding hydrogens is 498 g/mol. The molecule has 10 heteroatoms. The van der Waals surface area contributed by atoms with Crippen molar-refractivity contribution in [3.63, 3.8) is 0 Å². The fraction of sp³-hybridized carbons (Fsp3) is 0.346. The Morgan fingerprint density at radius 1 is 1.19 bits per heavy atom. The highest BCUT2D eigenvalue weighted by atomic mass is 35.5. The van der Waals surface area contributed by atoms with Gasteiger partial charge >= 0.3 is 0 Å². The number of ether oxygens (including phenoxy) is 1. The third kappa shape index (κ3) is 4.88. The van der Waals surface area contributed by atoms with Gasteiger partial charge in [-0.25, -0.2) is 9.97 Å². The molecule has 36 heavy (non-hydrogen) atoms. The molecule has 3 aromatic rings. The van der Waals surface area contributed by atoms with Gasteiger partial charge in [-0.2, -0.15) is 0 Å². The minimum Gasteiger partial charge on any atom is -0.507 e. The van der Waals surface area contributed by atoms with Crippen molar-refractivity contribution in [2.24, 2.45) is 11.1 Å². The first kappa shape index (κ1) is 24.8. The molecule has 0 saturated carbocycles. The van der Waals surface area contributed by atoms with Crippen molar-refractivity contribution in [1.82, 2.24) is 9.97 Å². The Balaban J connectivity index is 1.23. The lowest BCUT2D eigenvalue weighted by Gasteiger charge is -2.41. The van der Waals surface area contributed by atoms with E-state index in [1.165, 1.54) is 17.8 Å². The van der Waals surface area contributed by atoms with E-state index in [-0.39, 0.29) is 28.9 Å². The normalized spacial score (nSPS) is 21.0. The van der Waals surface area contributed by atoms with Crippen LogP contribution in [0.5, 0.6) is 5.75 Å². The molecule has 2 fully saturated rings. The van der Waals surface area contributed by atoms with Crippen LogP contribution in [0.2, 0.25) is 5.02 Å². The van der Waals surface area contributed by atoms with Crippen molar-refractivity contribution in [2.75, 3.05) is 29.9 Å². The predicted octanol–water partition coefficient (Wildman–Crippen LogP) is 4.57. The second-order valence-corrected chi connectivity index (χ2v) is 10.7. The van der Waals surface area contributed by atoms with Crippen LogP contribution in [0.3, 0.4) is 0 Å². The molecule has 2 aliphatic heterocycles. The highest BCUT2D eigenvalue weighted by Crippen LogP contribution is 2.42. The molecule has 0 bridgehead atoms. The van der Waals surface area contributed by atoms with Gasteiger partial charge in [-0.15, -0.1) is 0 Å². The van der Waals surface area contributed by atoms with Gasteiger partial charge in [0.2, 0.25) is 0 Å². The van der Waals surface area contributed by atoms with E-state index in [2.05, 4.69) is 27.1 Å². The molecule has 5 rings (SSSR count). The summed E-state index contributed by atoms with van der Waals surface area (Å²) in [5.74, 6) is 0.304. The van der Waals surface area contributed by atoms with Gasteiger partial charge in [-0.05, 0) is 44.0 Å². The number of nitrogens with two attached hydrogens (primary N) is 1. The molecule has 2 aromatic carbocycles. The highest BCUT2D eigenvalue weighted by Gasteiger charge is 2.47. The number of nitrogens with zero attached hydrogens (tertiary/aromatic N) is 3. The summed E-state index contributed by atoms with van der Waals surface area (Å²) in [5.41, 5.74) is 7.12. The average Bonchev–Trinajstić information content (AvgIpc) is 3.16. The van der Waals surface area contributed by atoms with Gasteiger partial charge < -0.3 is 25.8 Å². The molecule has 1 spiro atoms. The first-order chi connectivity index (χ1) is 17.4. The van der Waals surface area contributed by atoms with E-state index >= 15 is 0 Å². The lowest BCUT2D eigenvalue weighted by molar-refractivity contribution is 0.0974. The minimum absolute atomic E-state index is 0.0651. The quantitative estimate of drug-likeness (QED) is 0.444. The van der Waals surface area contributed by atoms with Crippen molar-refractivity contribution in [1.29, 1.82) is 0 Å². The molecule has 4 N–H and O–H groups in total. The molecule has 3 heterocycles. The lowest BCUT2D eigenvalue weighted by Crippen LogP contribution is -2.50. The van der Waals surface area contributed by atoms with E-state index in [1.807, 2.05) is 6.07 Å². The molecule has 2 aliphatic rings. The van der Waals surface area contributed by atoms with E-state index in [9.17, 15) is 9.90 Å². The van der Waals surface area contributed by atoms with Crippen molar-refractivity contribution < 1.29 is 14.6 Å². The number of phenolic OH excluding ortho intramolecular Hbond substituents is 1. The topological polar surface area (TPSA) is 114 Å². The van der Waals surface area contributed by atoms with Gasteiger partial charge in [-0.3, -0.25) is 4.79 Å². The summed E-state index contributed by atoms with van der Waals surface area (Å²) in [7, 11) is 0. The zero-order valence-electron chi connectivity index (χ0n) is 19.9. The molecule has 0 aliphatic carbocycles. The van der Waals surface area contributed by atoms with Crippen LogP contribution in [0, 0.1) is 5.41 Å². The van der Waals surface area contributed by atoms with Gasteiger partial charge in [0.05, 0.1) is 41.4 Å².